The van der Waals surface area contributed by atoms with Crippen LogP contribution in [0.15, 0.2) is 30.6 Å². The highest BCUT2D eigenvalue weighted by Gasteiger charge is 2.27. The summed E-state index contributed by atoms with van der Waals surface area (Å²) in [5.41, 5.74) is 6.89. The number of benzene rings is 1. The number of aromatic nitrogens is 1. The summed E-state index contributed by atoms with van der Waals surface area (Å²) in [6, 6.07) is 6.36. The molecule has 4 rings (SSSR count). The second kappa shape index (κ2) is 6.56. The Labute approximate surface area is 153 Å². The van der Waals surface area contributed by atoms with E-state index in [0.29, 0.717) is 12.8 Å². The molecule has 0 radical (unpaired) electrons. The van der Waals surface area contributed by atoms with Crippen molar-refractivity contribution in [2.75, 3.05) is 11.9 Å². The van der Waals surface area contributed by atoms with E-state index in [2.05, 4.69) is 22.4 Å². The molecular weight excluding hydrogens is 326 g/mol. The molecular formula is C21H23N3O2. The van der Waals surface area contributed by atoms with Crippen LogP contribution in [0.2, 0.25) is 0 Å². The molecule has 2 heterocycles. The van der Waals surface area contributed by atoms with E-state index >= 15 is 0 Å². The van der Waals surface area contributed by atoms with Crippen LogP contribution in [-0.2, 0) is 22.4 Å². The predicted molar refractivity (Wildman–Crippen MR) is 101 cm³/mol. The van der Waals surface area contributed by atoms with Crippen LogP contribution in [0.1, 0.15) is 48.9 Å². The van der Waals surface area contributed by atoms with Crippen molar-refractivity contribution in [1.29, 1.82) is 0 Å². The summed E-state index contributed by atoms with van der Waals surface area (Å²) in [6.45, 7) is 1.87. The monoisotopic (exact) mass is 349 g/mol. The molecule has 0 fully saturated rings. The summed E-state index contributed by atoms with van der Waals surface area (Å²) in [5, 5.41) is 3.10. The number of hydrogen-bond acceptors (Lipinski definition) is 3. The third-order valence-electron chi connectivity index (χ3n) is 5.54. The fourth-order valence-corrected chi connectivity index (χ4v) is 4.05. The van der Waals surface area contributed by atoms with E-state index in [1.807, 2.05) is 32.4 Å². The van der Waals surface area contributed by atoms with Crippen LogP contribution in [0.5, 0.6) is 0 Å². The summed E-state index contributed by atoms with van der Waals surface area (Å²) >= 11 is 0. The van der Waals surface area contributed by atoms with Gasteiger partial charge in [0.05, 0.1) is 6.04 Å². The average Bonchev–Trinajstić information content (AvgIpc) is 3.07. The molecule has 5 heteroatoms. The quantitative estimate of drug-likeness (QED) is 0.926. The maximum absolute atomic E-state index is 11.9. The zero-order valence-electron chi connectivity index (χ0n) is 15.2. The van der Waals surface area contributed by atoms with Gasteiger partial charge in [0, 0.05) is 43.5 Å². The largest absolute Gasteiger partial charge is 0.349 e. The summed E-state index contributed by atoms with van der Waals surface area (Å²) < 4.78 is 0. The molecule has 0 saturated heterocycles. The third kappa shape index (κ3) is 2.77. The lowest BCUT2D eigenvalue weighted by Crippen LogP contribution is -2.30. The molecule has 1 aliphatic heterocycles. The Balaban J connectivity index is 1.70. The first-order chi connectivity index (χ1) is 12.6. The molecule has 2 aromatic rings. The van der Waals surface area contributed by atoms with Gasteiger partial charge < -0.3 is 10.2 Å². The Hall–Kier alpha value is -2.69. The van der Waals surface area contributed by atoms with Crippen LogP contribution in [0.3, 0.4) is 0 Å². The molecule has 2 amide bonds. The lowest BCUT2D eigenvalue weighted by molar-refractivity contribution is -0.121. The van der Waals surface area contributed by atoms with Gasteiger partial charge in [0.25, 0.3) is 0 Å². The number of pyridine rings is 1. The Morgan fingerprint density at radius 3 is 2.92 bits per heavy atom. The van der Waals surface area contributed by atoms with Crippen molar-refractivity contribution in [2.45, 2.75) is 45.1 Å². The van der Waals surface area contributed by atoms with Crippen molar-refractivity contribution in [3.8, 4) is 11.1 Å². The van der Waals surface area contributed by atoms with E-state index < -0.39 is 0 Å². The predicted octanol–water partition coefficient (Wildman–Crippen LogP) is 3.17. The first kappa shape index (κ1) is 16.8. The van der Waals surface area contributed by atoms with Crippen molar-refractivity contribution < 1.29 is 9.59 Å². The van der Waals surface area contributed by atoms with Gasteiger partial charge in [-0.05, 0) is 53.6 Å². The smallest absolute Gasteiger partial charge is 0.227 e. The maximum atomic E-state index is 11.9. The van der Waals surface area contributed by atoms with Gasteiger partial charge in [-0.2, -0.15) is 0 Å². The summed E-state index contributed by atoms with van der Waals surface area (Å²) in [6.07, 6.45) is 7.50. The number of aryl methyl sites for hydroxylation is 1. The number of hydrogen-bond donors (Lipinski definition) is 1. The number of anilines is 1. The van der Waals surface area contributed by atoms with Crippen molar-refractivity contribution in [3.63, 3.8) is 0 Å². The first-order valence-electron chi connectivity index (χ1n) is 9.24. The minimum absolute atomic E-state index is 0.0614. The standard InChI is InChI=1S/C21H23N3O2/c1-3-20(25)23-18-7-6-15-16(11-22-12-17(15)18)13-4-8-19-14(10-13)5-9-21(26)24(19)2/h4,8,10-12,18H,3,5-7,9H2,1-2H3,(H,23,25). The zero-order valence-corrected chi connectivity index (χ0v) is 15.2. The number of nitrogens with one attached hydrogen (secondary N) is 1. The fourth-order valence-electron chi connectivity index (χ4n) is 4.05. The van der Waals surface area contributed by atoms with Gasteiger partial charge >= 0.3 is 0 Å². The average molecular weight is 349 g/mol. The van der Waals surface area contributed by atoms with Crippen LogP contribution in [0.4, 0.5) is 5.69 Å². The van der Waals surface area contributed by atoms with E-state index in [-0.39, 0.29) is 17.9 Å². The van der Waals surface area contributed by atoms with Crippen LogP contribution in [0.25, 0.3) is 11.1 Å². The van der Waals surface area contributed by atoms with Crippen LogP contribution >= 0.6 is 0 Å². The number of nitrogens with zero attached hydrogens (tertiary/aromatic N) is 2. The number of rotatable bonds is 3. The van der Waals surface area contributed by atoms with E-state index in [1.54, 1.807) is 4.90 Å². The highest BCUT2D eigenvalue weighted by atomic mass is 16.2. The minimum atomic E-state index is 0.0614. The first-order valence-corrected chi connectivity index (χ1v) is 9.24. The second-order valence-electron chi connectivity index (χ2n) is 7.06. The molecule has 1 unspecified atom stereocenters. The molecule has 1 N–H and O–H groups in total. The Kier molecular flexibility index (Phi) is 4.23. The number of amides is 2. The molecule has 1 aliphatic carbocycles. The number of carbonyl (C=O) groups is 2. The molecule has 1 aromatic carbocycles. The van der Waals surface area contributed by atoms with Crippen LogP contribution < -0.4 is 10.2 Å². The lowest BCUT2D eigenvalue weighted by Gasteiger charge is -2.26. The van der Waals surface area contributed by atoms with Crippen molar-refractivity contribution in [2.24, 2.45) is 0 Å². The molecule has 5 nitrogen and oxygen atoms in total. The number of fused-ring (bicyclic) bond motifs is 2. The molecule has 2 aliphatic rings. The van der Waals surface area contributed by atoms with Gasteiger partial charge in [0.15, 0.2) is 0 Å². The van der Waals surface area contributed by atoms with E-state index in [0.717, 1.165) is 41.6 Å². The van der Waals surface area contributed by atoms with Crippen molar-refractivity contribution in [1.82, 2.24) is 10.3 Å². The molecule has 0 spiro atoms. The van der Waals surface area contributed by atoms with Crippen molar-refractivity contribution >= 4 is 17.5 Å². The van der Waals surface area contributed by atoms with Gasteiger partial charge in [-0.15, -0.1) is 0 Å². The van der Waals surface area contributed by atoms with Crippen molar-refractivity contribution in [3.05, 3.63) is 47.3 Å². The molecule has 134 valence electrons. The molecule has 0 bridgehead atoms. The molecule has 1 aromatic heterocycles. The topological polar surface area (TPSA) is 62.3 Å². The van der Waals surface area contributed by atoms with Gasteiger partial charge in [0.1, 0.15) is 0 Å². The van der Waals surface area contributed by atoms with Crippen LogP contribution in [-0.4, -0.2) is 23.8 Å². The SMILES string of the molecule is CCC(=O)NC1CCc2c(-c3ccc4c(c3)CCC(=O)N4C)cncc21. The van der Waals surface area contributed by atoms with Gasteiger partial charge in [0.2, 0.25) is 11.8 Å². The Morgan fingerprint density at radius 1 is 1.27 bits per heavy atom. The summed E-state index contributed by atoms with van der Waals surface area (Å²) in [7, 11) is 1.84. The van der Waals surface area contributed by atoms with Gasteiger partial charge in [-0.3, -0.25) is 14.6 Å². The van der Waals surface area contributed by atoms with E-state index in [1.165, 1.54) is 11.1 Å². The molecule has 26 heavy (non-hydrogen) atoms. The zero-order chi connectivity index (χ0) is 18.3. The fraction of sp³-hybridized carbons (Fsp3) is 0.381. The summed E-state index contributed by atoms with van der Waals surface area (Å²) in [5.74, 6) is 0.247. The third-order valence-corrected chi connectivity index (χ3v) is 5.54. The second-order valence-corrected chi connectivity index (χ2v) is 7.06. The number of carbonyl (C=O) groups excluding carboxylic acids is 2. The minimum Gasteiger partial charge on any atom is -0.349 e. The lowest BCUT2D eigenvalue weighted by atomic mass is 9.94. The van der Waals surface area contributed by atoms with E-state index in [9.17, 15) is 9.59 Å². The molecule has 1 atom stereocenters. The Morgan fingerprint density at radius 2 is 2.12 bits per heavy atom. The van der Waals surface area contributed by atoms with Gasteiger partial charge in [-0.25, -0.2) is 0 Å². The Bertz CT molecular complexity index is 891. The van der Waals surface area contributed by atoms with Gasteiger partial charge in [-0.1, -0.05) is 13.0 Å². The highest BCUT2D eigenvalue weighted by Crippen LogP contribution is 2.39. The van der Waals surface area contributed by atoms with E-state index in [4.69, 9.17) is 0 Å². The summed E-state index contributed by atoms with van der Waals surface area (Å²) in [4.78, 5) is 29.9. The maximum Gasteiger partial charge on any atom is 0.227 e. The van der Waals surface area contributed by atoms with Crippen LogP contribution in [0, 0.1) is 0 Å². The molecule has 0 saturated carbocycles. The highest BCUT2D eigenvalue weighted by molar-refractivity contribution is 5.96. The normalized spacial score (nSPS) is 18.5.